The fourth-order valence-electron chi connectivity index (χ4n) is 7.66. The smallest absolute Gasteiger partial charge is 0.338 e. The minimum absolute atomic E-state index is 0.000436. The summed E-state index contributed by atoms with van der Waals surface area (Å²) in [6.07, 6.45) is 4.59. The van der Waals surface area contributed by atoms with Crippen LogP contribution in [-0.2, 0) is 19.9 Å². The van der Waals surface area contributed by atoms with E-state index in [4.69, 9.17) is 11.6 Å². The van der Waals surface area contributed by atoms with Gasteiger partial charge in [-0.3, -0.25) is 19.8 Å². The Morgan fingerprint density at radius 2 is 1.54 bits per heavy atom. The highest BCUT2D eigenvalue weighted by Gasteiger charge is 2.32. The topological polar surface area (TPSA) is 200 Å². The predicted octanol–water partition coefficient (Wildman–Crippen LogP) is 6.42. The van der Waals surface area contributed by atoms with E-state index in [1.807, 2.05) is 16.9 Å². The molecule has 0 spiro atoms. The average molecular weight is 893 g/mol. The minimum atomic E-state index is -4.85. The Bertz CT molecular complexity index is 2460. The molecule has 1 aliphatic heterocycles. The molecule has 0 aromatic heterocycles. The number of carboxylic acid groups (broad SMARTS) is 1. The zero-order chi connectivity index (χ0) is 43.9. The van der Waals surface area contributed by atoms with E-state index in [0.29, 0.717) is 18.7 Å². The van der Waals surface area contributed by atoms with E-state index >= 15 is 0 Å². The van der Waals surface area contributed by atoms with Crippen molar-refractivity contribution in [2.24, 2.45) is 0 Å². The third-order valence-corrected chi connectivity index (χ3v) is 14.3. The van der Waals surface area contributed by atoms with Crippen molar-refractivity contribution in [3.05, 3.63) is 128 Å². The number of nitro benzene ring substituents is 1. The number of carboxylic acids is 1. The number of sulfonamides is 1. The molecule has 1 amide bonds. The summed E-state index contributed by atoms with van der Waals surface area (Å²) < 4.78 is 55.6. The monoisotopic (exact) mass is 892 g/mol. The number of nitrogens with zero attached hydrogens (tertiary/aromatic N) is 4. The molecule has 1 aliphatic carbocycles. The molecule has 61 heavy (non-hydrogen) atoms. The SMILES string of the molecule is CN(C)CC[C@H](CS(=O)(=O)c1ccccc1)Nc1c(C(=O)O)cc(S(=O)(=O)NC(=O)c2ccc(N3CCN(CC4=C(c5ccc(Cl)cc5)CCCC4)CC3)cc2)cc1[N+](=O)[O-]. The first kappa shape index (κ1) is 45.2. The van der Waals surface area contributed by atoms with Crippen molar-refractivity contribution in [2.75, 3.05) is 69.3 Å². The summed E-state index contributed by atoms with van der Waals surface area (Å²) in [6.45, 7) is 4.39. The Hall–Kier alpha value is -5.33. The van der Waals surface area contributed by atoms with Crippen LogP contribution in [0.3, 0.4) is 0 Å². The quantitative estimate of drug-likeness (QED) is 0.0776. The van der Waals surface area contributed by atoms with Crippen molar-refractivity contribution < 1.29 is 36.5 Å². The van der Waals surface area contributed by atoms with Gasteiger partial charge in [0.25, 0.3) is 21.6 Å². The molecule has 0 unspecified atom stereocenters. The minimum Gasteiger partial charge on any atom is -0.478 e. The van der Waals surface area contributed by atoms with Gasteiger partial charge in [-0.05, 0) is 118 Å². The number of carbonyl (C=O) groups excluding carboxylic acids is 1. The number of nitrogens with one attached hydrogen (secondary N) is 2. The fourth-order valence-corrected chi connectivity index (χ4v) is 10.4. The van der Waals surface area contributed by atoms with Gasteiger partial charge in [0.15, 0.2) is 9.84 Å². The van der Waals surface area contributed by atoms with Crippen molar-refractivity contribution in [1.82, 2.24) is 14.5 Å². The largest absolute Gasteiger partial charge is 0.478 e. The molecule has 1 heterocycles. The normalized spacial score (nSPS) is 15.7. The van der Waals surface area contributed by atoms with E-state index in [1.54, 1.807) is 49.3 Å². The van der Waals surface area contributed by atoms with Crippen LogP contribution in [0.2, 0.25) is 5.02 Å². The number of piperazine rings is 1. The van der Waals surface area contributed by atoms with Crippen molar-refractivity contribution in [3.63, 3.8) is 0 Å². The second-order valence-corrected chi connectivity index (χ2v) is 19.6. The average Bonchev–Trinajstić information content (AvgIpc) is 3.23. The first-order valence-corrected chi connectivity index (χ1v) is 23.4. The number of halogens is 1. The van der Waals surface area contributed by atoms with Crippen LogP contribution in [0, 0.1) is 10.1 Å². The van der Waals surface area contributed by atoms with Gasteiger partial charge in [0, 0.05) is 61.1 Å². The lowest BCUT2D eigenvalue weighted by Gasteiger charge is -2.37. The molecule has 4 aromatic carbocycles. The predicted molar refractivity (Wildman–Crippen MR) is 236 cm³/mol. The van der Waals surface area contributed by atoms with E-state index in [0.717, 1.165) is 56.3 Å². The van der Waals surface area contributed by atoms with Crippen molar-refractivity contribution >= 4 is 66.0 Å². The highest BCUT2D eigenvalue weighted by Crippen LogP contribution is 2.35. The molecule has 1 fully saturated rings. The molecule has 4 aromatic rings. The molecule has 15 nitrogen and oxygen atoms in total. The van der Waals surface area contributed by atoms with Crippen molar-refractivity contribution in [1.29, 1.82) is 0 Å². The summed E-state index contributed by atoms with van der Waals surface area (Å²) in [5.74, 6) is -3.28. The van der Waals surface area contributed by atoms with Crippen LogP contribution in [0.4, 0.5) is 17.1 Å². The maximum Gasteiger partial charge on any atom is 0.338 e. The van der Waals surface area contributed by atoms with Crippen LogP contribution in [0.1, 0.15) is 58.4 Å². The number of amides is 1. The van der Waals surface area contributed by atoms with E-state index in [9.17, 15) is 41.6 Å². The lowest BCUT2D eigenvalue weighted by molar-refractivity contribution is -0.384. The number of sulfone groups is 1. The summed E-state index contributed by atoms with van der Waals surface area (Å²) in [6, 6.07) is 22.3. The Morgan fingerprint density at radius 1 is 0.885 bits per heavy atom. The maximum atomic E-state index is 13.5. The first-order valence-electron chi connectivity index (χ1n) is 19.9. The number of anilines is 2. The van der Waals surface area contributed by atoms with Crippen LogP contribution in [-0.4, -0.2) is 114 Å². The number of rotatable bonds is 17. The van der Waals surface area contributed by atoms with E-state index < -0.39 is 70.3 Å². The molecular formula is C43H49ClN6O9S2. The third kappa shape index (κ3) is 11.5. The van der Waals surface area contributed by atoms with E-state index in [1.165, 1.54) is 53.8 Å². The van der Waals surface area contributed by atoms with Gasteiger partial charge >= 0.3 is 5.97 Å². The number of aromatic carboxylic acids is 1. The highest BCUT2D eigenvalue weighted by molar-refractivity contribution is 7.91. The van der Waals surface area contributed by atoms with Crippen LogP contribution >= 0.6 is 11.6 Å². The molecule has 1 atom stereocenters. The third-order valence-electron chi connectivity index (χ3n) is 10.9. The lowest BCUT2D eigenvalue weighted by atomic mass is 9.87. The van der Waals surface area contributed by atoms with Gasteiger partial charge in [-0.2, -0.15) is 0 Å². The van der Waals surface area contributed by atoms with Crippen molar-refractivity contribution in [2.45, 2.75) is 47.9 Å². The van der Waals surface area contributed by atoms with E-state index in [2.05, 4.69) is 27.2 Å². The van der Waals surface area contributed by atoms with E-state index in [-0.39, 0.29) is 16.9 Å². The first-order chi connectivity index (χ1) is 29.0. The molecule has 3 N–H and O–H groups in total. The van der Waals surface area contributed by atoms with Gasteiger partial charge < -0.3 is 20.2 Å². The molecule has 0 saturated carbocycles. The van der Waals surface area contributed by atoms with Crippen LogP contribution in [0.15, 0.2) is 106 Å². The van der Waals surface area contributed by atoms with Gasteiger partial charge in [-0.15, -0.1) is 0 Å². The van der Waals surface area contributed by atoms with Gasteiger partial charge in [-0.1, -0.05) is 47.5 Å². The molecule has 1 saturated heterocycles. The van der Waals surface area contributed by atoms with Crippen molar-refractivity contribution in [3.8, 4) is 0 Å². The molecule has 2 aliphatic rings. The number of hydrogen-bond donors (Lipinski definition) is 3. The molecule has 0 bridgehead atoms. The summed E-state index contributed by atoms with van der Waals surface area (Å²) in [5.41, 5.74) is 2.65. The lowest BCUT2D eigenvalue weighted by Crippen LogP contribution is -2.47. The molecule has 324 valence electrons. The summed E-state index contributed by atoms with van der Waals surface area (Å²) in [5, 5.41) is 26.0. The van der Waals surface area contributed by atoms with Gasteiger partial charge in [0.2, 0.25) is 0 Å². The van der Waals surface area contributed by atoms with Crippen LogP contribution in [0.25, 0.3) is 5.57 Å². The van der Waals surface area contributed by atoms with Crippen LogP contribution in [0.5, 0.6) is 0 Å². The number of hydrogen-bond acceptors (Lipinski definition) is 12. The second kappa shape index (κ2) is 19.6. The second-order valence-electron chi connectivity index (χ2n) is 15.5. The molecule has 6 rings (SSSR count). The molecule has 0 radical (unpaired) electrons. The molecule has 18 heteroatoms. The number of allylic oxidation sites excluding steroid dienone is 1. The standard InChI is InChI=1S/C43H49ClN6O9S2/c1-47(2)21-20-34(29-60(56,57)36-9-4-3-5-10-36)45-41-39(43(52)53)26-37(27-40(41)50(54)55)61(58,59)46-42(51)31-14-18-35(19-15-31)49-24-22-48(23-25-49)28-32-8-6-7-11-38(32)30-12-16-33(44)17-13-30/h3-5,9-10,12-19,26-27,34,45H,6-8,11,20-25,28-29H2,1-2H3,(H,46,51)(H,52,53)/t34-/m1/s1. The Morgan fingerprint density at radius 3 is 2.16 bits per heavy atom. The maximum absolute atomic E-state index is 13.5. The summed E-state index contributed by atoms with van der Waals surface area (Å²) in [7, 11) is -5.30. The van der Waals surface area contributed by atoms with Gasteiger partial charge in [0.05, 0.1) is 26.0 Å². The van der Waals surface area contributed by atoms with Crippen LogP contribution < -0.4 is 14.9 Å². The molecular weight excluding hydrogens is 844 g/mol. The Balaban J connectivity index is 1.14. The number of nitro groups is 1. The van der Waals surface area contributed by atoms with Gasteiger partial charge in [0.1, 0.15) is 5.69 Å². The Kier molecular flexibility index (Phi) is 14.5. The highest BCUT2D eigenvalue weighted by atomic mass is 35.5. The fraction of sp³-hybridized carbons (Fsp3) is 0.349. The zero-order valence-electron chi connectivity index (χ0n) is 33.9. The Labute approximate surface area is 361 Å². The summed E-state index contributed by atoms with van der Waals surface area (Å²) >= 11 is 6.14. The van der Waals surface area contributed by atoms with Gasteiger partial charge in [-0.25, -0.2) is 26.4 Å². The number of benzene rings is 4. The number of carbonyl (C=O) groups is 2. The summed E-state index contributed by atoms with van der Waals surface area (Å²) in [4.78, 5) is 42.8. The zero-order valence-corrected chi connectivity index (χ0v) is 36.3.